The summed E-state index contributed by atoms with van der Waals surface area (Å²) in [5, 5.41) is 20.8. The van der Waals surface area contributed by atoms with Crippen LogP contribution < -0.4 is 15.9 Å². The number of aliphatic hydroxyl groups excluding tert-OH is 2. The number of aromatic amines is 1. The lowest BCUT2D eigenvalue weighted by Crippen LogP contribution is -2.46. The molecule has 7 N–H and O–H groups in total. The van der Waals surface area contributed by atoms with Crippen LogP contribution in [0, 0.1) is 0 Å². The maximum absolute atomic E-state index is 13.1. The summed E-state index contributed by atoms with van der Waals surface area (Å²) in [7, 11) is -4.90. The van der Waals surface area contributed by atoms with Gasteiger partial charge in [0.15, 0.2) is 6.33 Å². The number of alkyl halides is 3. The minimum Gasteiger partial charge on any atom is -0.387 e. The highest BCUT2D eigenvalue weighted by Crippen LogP contribution is 2.38. The molecule has 17 heteroatoms. The van der Waals surface area contributed by atoms with Crippen LogP contribution in [0.5, 0.6) is 0 Å². The van der Waals surface area contributed by atoms with Gasteiger partial charge in [-0.25, -0.2) is 9.13 Å². The number of nitrogens with zero attached hydrogens (tertiary/aromatic N) is 3. The number of nitrogen functional groups attached to an aromatic ring is 1. The number of phosphoric acid groups is 1. The lowest BCUT2D eigenvalue weighted by Gasteiger charge is -2.14. The molecule has 2 aromatic heterocycles. The summed E-state index contributed by atoms with van der Waals surface area (Å²) in [6, 6.07) is 4.44. The van der Waals surface area contributed by atoms with Crippen LogP contribution in [0.3, 0.4) is 0 Å². The molecule has 4 atom stereocenters. The van der Waals surface area contributed by atoms with Crippen molar-refractivity contribution in [3.05, 3.63) is 52.1 Å². The molecule has 1 saturated heterocycles. The molecule has 0 spiro atoms. The van der Waals surface area contributed by atoms with E-state index in [2.05, 4.69) is 14.5 Å². The zero-order valence-corrected chi connectivity index (χ0v) is 18.4. The molecule has 0 aliphatic carbocycles. The Morgan fingerprint density at radius 3 is 2.66 bits per heavy atom. The fourth-order valence-corrected chi connectivity index (χ4v) is 4.13. The van der Waals surface area contributed by atoms with Gasteiger partial charge in [0.1, 0.15) is 18.3 Å². The maximum Gasteiger partial charge on any atom is 0.469 e. The average molecular weight is 522 g/mol. The fourth-order valence-electron chi connectivity index (χ4n) is 3.79. The Morgan fingerprint density at radius 1 is 1.29 bits per heavy atom. The van der Waals surface area contributed by atoms with Crippen LogP contribution in [0.25, 0.3) is 11.2 Å². The van der Waals surface area contributed by atoms with Crippen molar-refractivity contribution in [1.82, 2.24) is 14.5 Å². The normalized spacial score (nSPS) is 23.3. The zero-order chi connectivity index (χ0) is 25.7. The Morgan fingerprint density at radius 2 is 2.00 bits per heavy atom. The Labute approximate surface area is 193 Å². The van der Waals surface area contributed by atoms with Gasteiger partial charge < -0.3 is 30.5 Å². The number of imidazole rings is 1. The van der Waals surface area contributed by atoms with Crippen LogP contribution in [-0.4, -0.2) is 59.5 Å². The molecule has 1 aromatic carbocycles. The number of hydrogen-bond donors (Lipinski definition) is 6. The van der Waals surface area contributed by atoms with E-state index in [1.165, 1.54) is 23.0 Å². The highest BCUT2D eigenvalue weighted by Gasteiger charge is 2.47. The first-order chi connectivity index (χ1) is 16.2. The third-order valence-electron chi connectivity index (χ3n) is 5.32. The molecule has 190 valence electrons. The quantitative estimate of drug-likeness (QED) is 0.179. The van der Waals surface area contributed by atoms with Crippen LogP contribution in [0.15, 0.2) is 35.4 Å². The standard InChI is InChI=1S/C18H19F3N5O8P/c19-18(20,21)9-3-1-2-8(4-9)5-25-7-26(14-11(25)15(29)24-17(22)23-14)16-13(28)12(27)10(34-16)6-33-35(30,31)32/h1-4,7,10,12-13,16,27-28H,5-6H2,(H4-,22,23,24,29,30,31,32)/p+1/t10-,12-,13-,16-/m1/s1. The number of H-pyrrole nitrogens is 1. The molecule has 0 bridgehead atoms. The lowest BCUT2D eigenvalue weighted by molar-refractivity contribution is -0.745. The lowest BCUT2D eigenvalue weighted by atomic mass is 10.1. The number of hydrogen-bond acceptors (Lipinski definition) is 8. The number of anilines is 1. The summed E-state index contributed by atoms with van der Waals surface area (Å²) in [4.78, 5) is 36.7. The smallest absolute Gasteiger partial charge is 0.387 e. The van der Waals surface area contributed by atoms with Crippen molar-refractivity contribution in [2.45, 2.75) is 37.3 Å². The Bertz CT molecular complexity index is 1360. The minimum absolute atomic E-state index is 0.114. The molecule has 35 heavy (non-hydrogen) atoms. The molecule has 0 radical (unpaired) electrons. The molecule has 3 aromatic rings. The van der Waals surface area contributed by atoms with Crippen LogP contribution in [0.4, 0.5) is 19.1 Å². The predicted molar refractivity (Wildman–Crippen MR) is 109 cm³/mol. The molecule has 1 fully saturated rings. The Hall–Kier alpha value is -2.85. The first kappa shape index (κ1) is 25.2. The SMILES string of the molecule is Nc1nc2c(c(=O)[nH]1)n(Cc1cccc(C(F)(F)F)c1)c[n+]2[C@@H]1O[C@H](COP(=O)(O)O)[C@@H](O)[C@H]1O. The largest absolute Gasteiger partial charge is 0.469 e. The third-order valence-corrected chi connectivity index (χ3v) is 5.80. The van der Waals surface area contributed by atoms with Crippen molar-refractivity contribution in [2.75, 3.05) is 12.3 Å². The number of fused-ring (bicyclic) bond motifs is 1. The molecule has 13 nitrogen and oxygen atoms in total. The summed E-state index contributed by atoms with van der Waals surface area (Å²) >= 11 is 0. The van der Waals surface area contributed by atoms with Gasteiger partial charge in [0.25, 0.3) is 11.5 Å². The summed E-state index contributed by atoms with van der Waals surface area (Å²) in [6.07, 6.45) is -9.41. The molecule has 0 amide bonds. The summed E-state index contributed by atoms with van der Waals surface area (Å²) in [5.74, 6) is -0.303. The van der Waals surface area contributed by atoms with Gasteiger partial charge >= 0.3 is 19.6 Å². The maximum atomic E-state index is 13.1. The highest BCUT2D eigenvalue weighted by molar-refractivity contribution is 7.46. The Kier molecular flexibility index (Phi) is 6.48. The van der Waals surface area contributed by atoms with Crippen molar-refractivity contribution in [2.24, 2.45) is 0 Å². The van der Waals surface area contributed by atoms with Gasteiger partial charge in [-0.05, 0) is 17.7 Å². The second-order valence-corrected chi connectivity index (χ2v) is 9.04. The van der Waals surface area contributed by atoms with E-state index in [0.29, 0.717) is 0 Å². The third kappa shape index (κ3) is 5.23. The van der Waals surface area contributed by atoms with Gasteiger partial charge in [0.2, 0.25) is 11.7 Å². The van der Waals surface area contributed by atoms with Gasteiger partial charge in [-0.2, -0.15) is 13.2 Å². The summed E-state index contributed by atoms with van der Waals surface area (Å²) in [5.41, 5.74) is 3.98. The molecule has 4 rings (SSSR count). The van der Waals surface area contributed by atoms with Crippen molar-refractivity contribution in [3.63, 3.8) is 0 Å². The number of halogens is 3. The molecule has 1 aliphatic heterocycles. The highest BCUT2D eigenvalue weighted by atomic mass is 31.2. The molecule has 0 unspecified atom stereocenters. The number of aliphatic hydroxyl groups is 2. The second kappa shape index (κ2) is 8.98. The van der Waals surface area contributed by atoms with E-state index < -0.39 is 56.3 Å². The van der Waals surface area contributed by atoms with E-state index in [4.69, 9.17) is 20.3 Å². The topological polar surface area (TPSA) is 197 Å². The predicted octanol–water partition coefficient (Wildman–Crippen LogP) is -0.610. The van der Waals surface area contributed by atoms with E-state index in [1.807, 2.05) is 0 Å². The average Bonchev–Trinajstić information content (AvgIpc) is 3.23. The second-order valence-electron chi connectivity index (χ2n) is 7.80. The molecule has 0 saturated carbocycles. The minimum atomic E-state index is -4.90. The van der Waals surface area contributed by atoms with E-state index >= 15 is 0 Å². The van der Waals surface area contributed by atoms with Gasteiger partial charge in [-0.3, -0.25) is 18.9 Å². The molecular formula is C18H20F3N5O8P+. The molecule has 1 aliphatic rings. The first-order valence-electron chi connectivity index (χ1n) is 9.92. The number of benzene rings is 1. The van der Waals surface area contributed by atoms with Gasteiger partial charge in [-0.1, -0.05) is 17.1 Å². The van der Waals surface area contributed by atoms with Crippen LogP contribution >= 0.6 is 7.82 Å². The number of ether oxygens (including phenoxy) is 1. The van der Waals surface area contributed by atoms with Crippen LogP contribution in [0.1, 0.15) is 17.4 Å². The summed E-state index contributed by atoms with van der Waals surface area (Å²) < 4.78 is 62.6. The first-order valence-corrected chi connectivity index (χ1v) is 11.5. The zero-order valence-electron chi connectivity index (χ0n) is 17.5. The number of phosphoric ester groups is 1. The van der Waals surface area contributed by atoms with Gasteiger partial charge in [-0.15, -0.1) is 0 Å². The van der Waals surface area contributed by atoms with Crippen molar-refractivity contribution < 1.29 is 51.6 Å². The van der Waals surface area contributed by atoms with E-state index in [1.54, 1.807) is 0 Å². The number of nitrogens with one attached hydrogen (secondary N) is 1. The fraction of sp³-hybridized carbons (Fsp3) is 0.389. The van der Waals surface area contributed by atoms with Crippen molar-refractivity contribution in [1.29, 1.82) is 0 Å². The number of nitrogens with two attached hydrogens (primary N) is 1. The van der Waals surface area contributed by atoms with Crippen molar-refractivity contribution >= 4 is 24.9 Å². The molecular weight excluding hydrogens is 502 g/mol. The molecule has 3 heterocycles. The summed E-state index contributed by atoms with van der Waals surface area (Å²) in [6.45, 7) is -0.975. The van der Waals surface area contributed by atoms with Crippen LogP contribution in [0.2, 0.25) is 0 Å². The Balaban J connectivity index is 1.74. The van der Waals surface area contributed by atoms with Crippen LogP contribution in [-0.2, 0) is 26.5 Å². The van der Waals surface area contributed by atoms with Crippen molar-refractivity contribution in [3.8, 4) is 0 Å². The van der Waals surface area contributed by atoms with E-state index in [-0.39, 0.29) is 29.2 Å². The van der Waals surface area contributed by atoms with Gasteiger partial charge in [0.05, 0.1) is 18.7 Å². The van der Waals surface area contributed by atoms with E-state index in [9.17, 15) is 32.7 Å². The number of rotatable bonds is 6. The monoisotopic (exact) mass is 522 g/mol. The number of aromatic nitrogens is 4. The van der Waals surface area contributed by atoms with E-state index in [0.717, 1.165) is 16.7 Å². The van der Waals surface area contributed by atoms with Gasteiger partial charge in [0, 0.05) is 0 Å².